The maximum absolute atomic E-state index is 14.1. The molecule has 2 amide bonds. The molecule has 1 unspecified atom stereocenters. The number of nitrogens with zero attached hydrogens (tertiary/aromatic N) is 2. The summed E-state index contributed by atoms with van der Waals surface area (Å²) in [4.78, 5) is 35.0. The minimum atomic E-state index is -0.599. The zero-order chi connectivity index (χ0) is 27.8. The van der Waals surface area contributed by atoms with E-state index in [-0.39, 0.29) is 18.4 Å². The molecule has 0 aliphatic carbocycles. The van der Waals surface area contributed by atoms with E-state index in [1.165, 1.54) is 0 Å². The molecule has 6 rings (SSSR count). The molecule has 3 aromatic carbocycles. The second-order valence-electron chi connectivity index (χ2n) is 10.2. The maximum Gasteiger partial charge on any atom is 0.246 e. The van der Waals surface area contributed by atoms with Gasteiger partial charge in [-0.25, -0.2) is 0 Å². The first kappa shape index (κ1) is 25.8. The molecule has 40 heavy (non-hydrogen) atoms. The van der Waals surface area contributed by atoms with Crippen molar-refractivity contribution in [3.05, 3.63) is 89.1 Å². The molecule has 206 valence electrons. The number of H-pyrrole nitrogens is 1. The molecule has 8 heteroatoms. The standard InChI is InChI=1S/C32H33N3O5/c1-4-40-26-12-8-6-10-22(26)31-30-23(21-9-5-7-11-24(21)33-30)18-25-32(37)34(19-29(36)35(25)31)16-15-20-13-14-27(38-2)28(17-20)39-3/h5-14,17,25,31,33H,4,15-16,18-19H2,1-3H3/t25-,31?/m0/s1. The van der Waals surface area contributed by atoms with Crippen molar-refractivity contribution in [2.75, 3.05) is 33.9 Å². The number of hydrogen-bond donors (Lipinski definition) is 1. The molecule has 2 atom stereocenters. The predicted octanol–water partition coefficient (Wildman–Crippen LogP) is 4.51. The van der Waals surface area contributed by atoms with E-state index in [0.29, 0.717) is 37.5 Å². The van der Waals surface area contributed by atoms with Gasteiger partial charge in [-0.15, -0.1) is 0 Å². The van der Waals surface area contributed by atoms with Gasteiger partial charge in [0.25, 0.3) is 0 Å². The van der Waals surface area contributed by atoms with Gasteiger partial charge in [-0.3, -0.25) is 9.59 Å². The van der Waals surface area contributed by atoms with Gasteiger partial charge in [0.05, 0.1) is 27.4 Å². The average Bonchev–Trinajstić information content (AvgIpc) is 3.36. The zero-order valence-corrected chi connectivity index (χ0v) is 23.0. The summed E-state index contributed by atoms with van der Waals surface area (Å²) >= 11 is 0. The molecular weight excluding hydrogens is 506 g/mol. The van der Waals surface area contributed by atoms with Gasteiger partial charge in [0.15, 0.2) is 11.5 Å². The smallest absolute Gasteiger partial charge is 0.246 e. The van der Waals surface area contributed by atoms with Crippen molar-refractivity contribution in [3.63, 3.8) is 0 Å². The summed E-state index contributed by atoms with van der Waals surface area (Å²) in [6, 6.07) is 20.6. The molecule has 8 nitrogen and oxygen atoms in total. The molecule has 2 aliphatic rings. The van der Waals surface area contributed by atoms with Crippen LogP contribution in [0.2, 0.25) is 0 Å². The lowest BCUT2D eigenvalue weighted by Crippen LogP contribution is -2.63. The first-order valence-electron chi connectivity index (χ1n) is 13.7. The molecule has 0 bridgehead atoms. The molecule has 3 heterocycles. The number of carbonyl (C=O) groups is 2. The summed E-state index contributed by atoms with van der Waals surface area (Å²) in [5.41, 5.74) is 4.91. The summed E-state index contributed by atoms with van der Waals surface area (Å²) in [5.74, 6) is 1.91. The van der Waals surface area contributed by atoms with E-state index in [4.69, 9.17) is 14.2 Å². The number of carbonyl (C=O) groups excluding carboxylic acids is 2. The van der Waals surface area contributed by atoms with Crippen LogP contribution in [0.25, 0.3) is 10.9 Å². The molecule has 0 radical (unpaired) electrons. The number of fused-ring (bicyclic) bond motifs is 4. The Morgan fingerprint density at radius 3 is 2.50 bits per heavy atom. The second-order valence-corrected chi connectivity index (χ2v) is 10.2. The maximum atomic E-state index is 14.1. The van der Waals surface area contributed by atoms with Crippen molar-refractivity contribution in [2.45, 2.75) is 31.8 Å². The first-order chi connectivity index (χ1) is 19.5. The number of nitrogens with one attached hydrogen (secondary N) is 1. The number of benzene rings is 3. The van der Waals surface area contributed by atoms with Crippen molar-refractivity contribution in [2.24, 2.45) is 0 Å². The number of ether oxygens (including phenoxy) is 3. The molecule has 4 aromatic rings. The third kappa shape index (κ3) is 4.33. The Hall–Kier alpha value is -4.46. The van der Waals surface area contributed by atoms with Gasteiger partial charge >= 0.3 is 0 Å². The van der Waals surface area contributed by atoms with Gasteiger partial charge in [0.1, 0.15) is 17.8 Å². The number of rotatable bonds is 8. The summed E-state index contributed by atoms with van der Waals surface area (Å²) in [5, 5.41) is 1.08. The Bertz CT molecular complexity index is 1580. The molecule has 1 saturated heterocycles. The number of aromatic amines is 1. The van der Waals surface area contributed by atoms with Gasteiger partial charge in [-0.2, -0.15) is 0 Å². The molecule has 0 saturated carbocycles. The van der Waals surface area contributed by atoms with Crippen LogP contribution in [0.4, 0.5) is 0 Å². The van der Waals surface area contributed by atoms with E-state index in [1.54, 1.807) is 24.0 Å². The van der Waals surface area contributed by atoms with Crippen LogP contribution in [-0.2, 0) is 22.4 Å². The van der Waals surface area contributed by atoms with Crippen LogP contribution in [0.15, 0.2) is 66.7 Å². The Kier molecular flexibility index (Phi) is 6.84. The van der Waals surface area contributed by atoms with Gasteiger partial charge in [-0.1, -0.05) is 42.5 Å². The summed E-state index contributed by atoms with van der Waals surface area (Å²) in [6.07, 6.45) is 1.06. The predicted molar refractivity (Wildman–Crippen MR) is 152 cm³/mol. The van der Waals surface area contributed by atoms with Crippen LogP contribution >= 0.6 is 0 Å². The fourth-order valence-corrected chi connectivity index (χ4v) is 6.13. The number of piperazine rings is 1. The van der Waals surface area contributed by atoms with Crippen LogP contribution in [0.3, 0.4) is 0 Å². The largest absolute Gasteiger partial charge is 0.494 e. The number of hydrogen-bond acceptors (Lipinski definition) is 5. The van der Waals surface area contributed by atoms with Crippen molar-refractivity contribution < 1.29 is 23.8 Å². The fraction of sp³-hybridized carbons (Fsp3) is 0.312. The number of methoxy groups -OCH3 is 2. The van der Waals surface area contributed by atoms with Crippen LogP contribution < -0.4 is 14.2 Å². The normalized spacial score (nSPS) is 18.5. The van der Waals surface area contributed by atoms with E-state index in [0.717, 1.165) is 39.0 Å². The molecule has 0 spiro atoms. The summed E-state index contributed by atoms with van der Waals surface area (Å²) < 4.78 is 16.8. The van der Waals surface area contributed by atoms with Gasteiger partial charge in [0.2, 0.25) is 11.8 Å². The molecule has 2 aliphatic heterocycles. The first-order valence-corrected chi connectivity index (χ1v) is 13.7. The lowest BCUT2D eigenvalue weighted by atomic mass is 9.86. The lowest BCUT2D eigenvalue weighted by molar-refractivity contribution is -0.158. The Morgan fingerprint density at radius 1 is 0.925 bits per heavy atom. The Labute approximate surface area is 233 Å². The van der Waals surface area contributed by atoms with Crippen molar-refractivity contribution in [1.29, 1.82) is 0 Å². The van der Waals surface area contributed by atoms with Gasteiger partial charge < -0.3 is 29.0 Å². The highest BCUT2D eigenvalue weighted by molar-refractivity contribution is 5.97. The second kappa shape index (κ2) is 10.6. The number of amides is 2. The van der Waals surface area contributed by atoms with E-state index < -0.39 is 12.1 Å². The van der Waals surface area contributed by atoms with E-state index in [2.05, 4.69) is 11.1 Å². The SMILES string of the molecule is CCOc1ccccc1C1c2[nH]c3ccccc3c2C[C@H]2C(=O)N(CCc3ccc(OC)c(OC)c3)CC(=O)N12. The third-order valence-corrected chi connectivity index (χ3v) is 7.97. The van der Waals surface area contributed by atoms with Crippen molar-refractivity contribution in [1.82, 2.24) is 14.8 Å². The van der Waals surface area contributed by atoms with E-state index in [9.17, 15) is 9.59 Å². The van der Waals surface area contributed by atoms with Crippen molar-refractivity contribution in [3.8, 4) is 17.2 Å². The molecule has 1 N–H and O–H groups in total. The third-order valence-electron chi connectivity index (χ3n) is 7.97. The molecular formula is C32H33N3O5. The van der Waals surface area contributed by atoms with Gasteiger partial charge in [-0.05, 0) is 48.7 Å². The van der Waals surface area contributed by atoms with Crippen LogP contribution in [-0.4, -0.2) is 66.6 Å². The minimum Gasteiger partial charge on any atom is -0.494 e. The number of para-hydroxylation sites is 2. The minimum absolute atomic E-state index is 0.0325. The topological polar surface area (TPSA) is 84.1 Å². The van der Waals surface area contributed by atoms with Crippen molar-refractivity contribution >= 4 is 22.7 Å². The highest BCUT2D eigenvalue weighted by Crippen LogP contribution is 2.45. The average molecular weight is 540 g/mol. The molecule has 1 fully saturated rings. The van der Waals surface area contributed by atoms with Gasteiger partial charge in [0, 0.05) is 35.1 Å². The lowest BCUT2D eigenvalue weighted by Gasteiger charge is -2.47. The highest BCUT2D eigenvalue weighted by Gasteiger charge is 2.48. The van der Waals surface area contributed by atoms with E-state index in [1.807, 2.05) is 67.6 Å². The molecule has 1 aromatic heterocycles. The monoisotopic (exact) mass is 539 g/mol. The summed E-state index contributed by atoms with van der Waals surface area (Å²) in [6.45, 7) is 2.92. The zero-order valence-electron chi connectivity index (χ0n) is 23.0. The fourth-order valence-electron chi connectivity index (χ4n) is 6.13. The van der Waals surface area contributed by atoms with Crippen LogP contribution in [0.5, 0.6) is 17.2 Å². The Morgan fingerprint density at radius 2 is 1.70 bits per heavy atom. The Balaban J connectivity index is 1.36. The number of aromatic nitrogens is 1. The highest BCUT2D eigenvalue weighted by atomic mass is 16.5. The summed E-state index contributed by atoms with van der Waals surface area (Å²) in [7, 11) is 3.20. The quantitative estimate of drug-likeness (QED) is 0.356. The van der Waals surface area contributed by atoms with Crippen LogP contribution in [0, 0.1) is 0 Å². The van der Waals surface area contributed by atoms with Crippen LogP contribution in [0.1, 0.15) is 35.3 Å². The van der Waals surface area contributed by atoms with E-state index >= 15 is 0 Å².